The van der Waals surface area contributed by atoms with Crippen molar-refractivity contribution >= 4 is 74.8 Å². The maximum absolute atomic E-state index is 12.8. The van der Waals surface area contributed by atoms with Crippen molar-refractivity contribution < 1.29 is 24.5 Å². The first kappa shape index (κ1) is 37.1. The van der Waals surface area contributed by atoms with Crippen LogP contribution in [0, 0.1) is 5.92 Å². The van der Waals surface area contributed by atoms with E-state index in [1.54, 1.807) is 19.3 Å². The van der Waals surface area contributed by atoms with Crippen LogP contribution >= 0.6 is 11.6 Å². The highest BCUT2D eigenvalue weighted by Gasteiger charge is 2.35. The van der Waals surface area contributed by atoms with Gasteiger partial charge in [-0.1, -0.05) is 11.6 Å². The summed E-state index contributed by atoms with van der Waals surface area (Å²) in [7, 11) is 4.98. The van der Waals surface area contributed by atoms with E-state index in [4.69, 9.17) is 26.7 Å². The number of nitrogens with two attached hydrogens (primary N) is 1. The molecule has 2 aliphatic rings. The number of carbonyl (C=O) groups excluding carboxylic acids is 3. The summed E-state index contributed by atoms with van der Waals surface area (Å²) in [5.74, 6) is -0.442. The Labute approximate surface area is 311 Å². The molecule has 6 N–H and O–H groups in total. The number of aryl methyl sites for hydroxylation is 1. The molecule has 2 aromatic carbocycles. The van der Waals surface area contributed by atoms with E-state index < -0.39 is 5.92 Å². The van der Waals surface area contributed by atoms with Gasteiger partial charge in [0.2, 0.25) is 17.8 Å². The summed E-state index contributed by atoms with van der Waals surface area (Å²) < 4.78 is 6.98. The summed E-state index contributed by atoms with van der Waals surface area (Å²) in [5.41, 5.74) is 4.12. The Morgan fingerprint density at radius 1 is 1.09 bits per heavy atom. The van der Waals surface area contributed by atoms with E-state index in [2.05, 4.69) is 49.0 Å². The molecule has 0 bridgehead atoms. The first-order valence-electron chi connectivity index (χ1n) is 17.6. The third-order valence-electron chi connectivity index (χ3n) is 9.89. The van der Waals surface area contributed by atoms with Gasteiger partial charge in [-0.3, -0.25) is 29.9 Å². The van der Waals surface area contributed by atoms with Crippen molar-refractivity contribution in [1.29, 1.82) is 0 Å². The Hall–Kier alpha value is -5.70. The van der Waals surface area contributed by atoms with Gasteiger partial charge in [0.1, 0.15) is 10.9 Å². The fraction of sp³-hybridized carbons (Fsp3) is 0.378. The number of anilines is 5. The van der Waals surface area contributed by atoms with E-state index in [1.165, 1.54) is 11.6 Å². The molecule has 1 unspecified atom stereocenters. The average molecular weight is 744 g/mol. The minimum absolute atomic E-state index is 0.0696. The molecule has 0 saturated carbocycles. The normalized spacial score (nSPS) is 16.2. The molecule has 3 amide bonds. The molecule has 4 heterocycles. The van der Waals surface area contributed by atoms with Crippen LogP contribution in [0.5, 0.6) is 5.75 Å². The molecule has 1 atom stereocenters. The molecular weight excluding hydrogens is 700 g/mol. The van der Waals surface area contributed by atoms with Gasteiger partial charge in [-0.05, 0) is 68.7 Å². The van der Waals surface area contributed by atoms with Crippen LogP contribution in [0.1, 0.15) is 38.2 Å². The van der Waals surface area contributed by atoms with Crippen LogP contribution in [0.25, 0.3) is 10.9 Å². The number of carbonyl (C=O) groups is 3. The minimum Gasteiger partial charge on any atom is -0.478 e. The third kappa shape index (κ3) is 7.89. The molecule has 15 nitrogen and oxygen atoms in total. The number of nitrogens with one attached hydrogen (secondary N) is 4. The zero-order chi connectivity index (χ0) is 37.8. The van der Waals surface area contributed by atoms with E-state index in [0.29, 0.717) is 46.7 Å². The molecule has 6 rings (SSSR count). The lowest BCUT2D eigenvalue weighted by Gasteiger charge is -2.39. The maximum Gasteiger partial charge on any atom is 0.293 e. The second-order valence-corrected chi connectivity index (χ2v) is 13.5. The number of aromatic nitrogens is 3. The monoisotopic (exact) mass is 743 g/mol. The third-order valence-corrected chi connectivity index (χ3v) is 10.2. The van der Waals surface area contributed by atoms with Crippen molar-refractivity contribution in [1.82, 2.24) is 25.2 Å². The van der Waals surface area contributed by atoms with Crippen molar-refractivity contribution in [3.8, 4) is 5.75 Å². The number of likely N-dealkylation sites (N-methyl/N-ethyl adjacent to an activating group) is 1. The van der Waals surface area contributed by atoms with Crippen LogP contribution in [-0.4, -0.2) is 84.3 Å². The quantitative estimate of drug-likeness (QED) is 0.106. The summed E-state index contributed by atoms with van der Waals surface area (Å²) in [6.45, 7) is 4.12. The molecule has 0 spiro atoms. The van der Waals surface area contributed by atoms with Crippen molar-refractivity contribution in [3.63, 3.8) is 0 Å². The number of piperidine rings is 2. The van der Waals surface area contributed by atoms with Gasteiger partial charge in [-0.2, -0.15) is 4.98 Å². The smallest absolute Gasteiger partial charge is 0.293 e. The van der Waals surface area contributed by atoms with Crippen LogP contribution in [0.3, 0.4) is 0 Å². The number of hydrogen-bond donors (Lipinski definition) is 5. The Bertz CT molecular complexity index is 2130. The first-order valence-corrected chi connectivity index (χ1v) is 18.0. The largest absolute Gasteiger partial charge is 0.478 e. The summed E-state index contributed by atoms with van der Waals surface area (Å²) in [6.07, 6.45) is 4.00. The summed E-state index contributed by atoms with van der Waals surface area (Å²) in [6, 6.07) is 13.4. The number of fused-ring (bicyclic) bond motifs is 1. The molecule has 53 heavy (non-hydrogen) atoms. The van der Waals surface area contributed by atoms with E-state index in [9.17, 15) is 19.2 Å². The number of ether oxygens (including phenoxy) is 1. The number of hydrogen-bond acceptors (Lipinski definition) is 11. The van der Waals surface area contributed by atoms with Gasteiger partial charge in [0.25, 0.3) is 11.5 Å². The predicted octanol–water partition coefficient (Wildman–Crippen LogP) is 1.99. The number of rotatable bonds is 12. The number of nitrogens with zero attached hydrogens (tertiary/aromatic N) is 5. The highest BCUT2D eigenvalue weighted by Crippen LogP contribution is 2.32. The summed E-state index contributed by atoms with van der Waals surface area (Å²) >= 11 is 6.59. The second kappa shape index (κ2) is 15.9. The maximum atomic E-state index is 12.8. The van der Waals surface area contributed by atoms with E-state index >= 15 is 0 Å². The van der Waals surface area contributed by atoms with Crippen molar-refractivity contribution in [3.05, 3.63) is 69.6 Å². The second-order valence-electron chi connectivity index (χ2n) is 13.0. The Morgan fingerprint density at radius 3 is 2.57 bits per heavy atom. The fourth-order valence-corrected chi connectivity index (χ4v) is 7.07. The van der Waals surface area contributed by atoms with Gasteiger partial charge in [0.15, 0.2) is 23.9 Å². The number of halogens is 1. The molecule has 0 radical (unpaired) electrons. The highest BCUT2D eigenvalue weighted by molar-refractivity contribution is 6.33. The SMILES string of the molecule is CCN(c1ncc(Cl)c(Nc2ccc3c(c2)cc(OCC(=O)NC)c(=O)n3C)n1)C1CCN(c2ccc(C(=[NH2+])C3CCC(=O)NC3=O)c(NC)c2)CC1. The standard InChI is InChI=1S/C37H43ClN10O5/c1-5-48(23-12-14-47(15-13-23)24-7-8-25(28(18-24)40-2)33(39)26-9-11-31(49)44-35(26)51)37-42-19-27(38)34(45-37)43-22-6-10-29-21(16-22)17-30(36(52)46(29)4)53-20-32(50)41-3/h6-8,10,16-19,23,26,39-40H,5,9,11-15,20H2,1-4H3,(H,41,50)(H,42,43,45)(H,44,49,51)/p+1. The number of pyridine rings is 1. The van der Waals surface area contributed by atoms with Crippen molar-refractivity contribution in [2.75, 3.05) is 60.8 Å². The molecule has 2 saturated heterocycles. The summed E-state index contributed by atoms with van der Waals surface area (Å²) in [5, 5.41) is 19.0. The average Bonchev–Trinajstić information content (AvgIpc) is 3.16. The van der Waals surface area contributed by atoms with Crippen LogP contribution < -0.4 is 46.8 Å². The van der Waals surface area contributed by atoms with Crippen LogP contribution in [0.15, 0.2) is 53.5 Å². The van der Waals surface area contributed by atoms with E-state index in [0.717, 1.165) is 48.3 Å². The van der Waals surface area contributed by atoms with Crippen LogP contribution in [-0.2, 0) is 21.4 Å². The van der Waals surface area contributed by atoms with Gasteiger partial charge < -0.3 is 35.1 Å². The molecule has 16 heteroatoms. The molecule has 0 aliphatic carbocycles. The van der Waals surface area contributed by atoms with Gasteiger partial charge >= 0.3 is 0 Å². The molecule has 2 fully saturated rings. The number of benzene rings is 2. The van der Waals surface area contributed by atoms with Crippen molar-refractivity contribution in [2.24, 2.45) is 13.0 Å². The van der Waals surface area contributed by atoms with Gasteiger partial charge in [0.05, 0.1) is 17.3 Å². The lowest BCUT2D eigenvalue weighted by Crippen LogP contribution is -2.53. The van der Waals surface area contributed by atoms with Crippen LogP contribution in [0.4, 0.5) is 28.8 Å². The molecular formula is C37H44ClN10O5+. The lowest BCUT2D eigenvalue weighted by molar-refractivity contribution is -0.139. The summed E-state index contributed by atoms with van der Waals surface area (Å²) in [4.78, 5) is 62.6. The van der Waals surface area contributed by atoms with Crippen LogP contribution in [0.2, 0.25) is 5.02 Å². The molecule has 4 aromatic rings. The number of imide groups is 1. The van der Waals surface area contributed by atoms with E-state index in [1.807, 2.05) is 37.4 Å². The number of amides is 3. The first-order chi connectivity index (χ1) is 25.5. The van der Waals surface area contributed by atoms with Gasteiger partial charge in [-0.15, -0.1) is 0 Å². The predicted molar refractivity (Wildman–Crippen MR) is 205 cm³/mol. The highest BCUT2D eigenvalue weighted by atomic mass is 35.5. The van der Waals surface area contributed by atoms with Gasteiger partial charge in [-0.25, -0.2) is 4.98 Å². The minimum atomic E-state index is -0.549. The van der Waals surface area contributed by atoms with Crippen molar-refractivity contribution in [2.45, 2.75) is 38.6 Å². The lowest BCUT2D eigenvalue weighted by atomic mass is 9.88. The fourth-order valence-electron chi connectivity index (χ4n) is 6.93. The van der Waals surface area contributed by atoms with Gasteiger partial charge in [0, 0.05) is 75.7 Å². The molecule has 2 aliphatic heterocycles. The Morgan fingerprint density at radius 2 is 1.87 bits per heavy atom. The zero-order valence-corrected chi connectivity index (χ0v) is 30.9. The Kier molecular flexibility index (Phi) is 11.1. The Balaban J connectivity index is 1.14. The molecule has 2 aromatic heterocycles. The van der Waals surface area contributed by atoms with E-state index in [-0.39, 0.29) is 48.1 Å². The zero-order valence-electron chi connectivity index (χ0n) is 30.2. The topological polar surface area (TPSA) is 188 Å². The molecule has 278 valence electrons.